The highest BCUT2D eigenvalue weighted by molar-refractivity contribution is 8.26. The fourth-order valence-electron chi connectivity index (χ4n) is 2.62. The Morgan fingerprint density at radius 3 is 2.55 bits per heavy atom. The molecule has 1 heterocycles. The van der Waals surface area contributed by atoms with Gasteiger partial charge in [0.1, 0.15) is 16.7 Å². The minimum Gasteiger partial charge on any atom is -0.487 e. The highest BCUT2D eigenvalue weighted by Crippen LogP contribution is 2.38. The van der Waals surface area contributed by atoms with Crippen molar-refractivity contribution < 1.29 is 14.5 Å². The number of thioether (sulfide) groups is 1. The number of likely N-dealkylation sites (N-methyl/N-ethyl adjacent to an activating group) is 1. The van der Waals surface area contributed by atoms with Crippen LogP contribution < -0.4 is 4.74 Å². The molecule has 1 aliphatic rings. The van der Waals surface area contributed by atoms with Crippen molar-refractivity contribution in [3.63, 3.8) is 0 Å². The van der Waals surface area contributed by atoms with Gasteiger partial charge in [-0.15, -0.1) is 0 Å². The van der Waals surface area contributed by atoms with Gasteiger partial charge in [-0.1, -0.05) is 47.2 Å². The maximum absolute atomic E-state index is 12.5. The van der Waals surface area contributed by atoms with E-state index < -0.39 is 4.92 Å². The number of hydrogen-bond acceptors (Lipinski definition) is 6. The molecule has 2 aromatic carbocycles. The first-order valence-electron chi connectivity index (χ1n) is 8.40. The van der Waals surface area contributed by atoms with Crippen molar-refractivity contribution >= 4 is 69.2 Å². The average molecular weight is 469 g/mol. The smallest absolute Gasteiger partial charge is 0.269 e. The Bertz CT molecular complexity index is 1030. The minimum absolute atomic E-state index is 0.00286. The molecule has 0 bridgehead atoms. The Hall–Kier alpha value is -2.13. The van der Waals surface area contributed by atoms with Gasteiger partial charge in [-0.25, -0.2) is 0 Å². The standard InChI is InChI=1S/C19H14Cl2N2O4S2/c1-2-22-18(24)16(29-19(22)28)8-12-7-13(20)9-15(21)17(12)27-10-11-3-5-14(6-4-11)23(25)26/h3-9H,2,10H2,1H3. The molecular formula is C19H14Cl2N2O4S2. The molecule has 1 amide bonds. The van der Waals surface area contributed by atoms with Gasteiger partial charge in [-0.2, -0.15) is 0 Å². The normalized spacial score (nSPS) is 15.3. The molecule has 150 valence electrons. The van der Waals surface area contributed by atoms with Gasteiger partial charge >= 0.3 is 0 Å². The number of rotatable bonds is 6. The molecule has 0 saturated carbocycles. The number of nitrogens with zero attached hydrogens (tertiary/aromatic N) is 2. The largest absolute Gasteiger partial charge is 0.487 e. The summed E-state index contributed by atoms with van der Waals surface area (Å²) in [6.45, 7) is 2.47. The third kappa shape index (κ3) is 4.90. The highest BCUT2D eigenvalue weighted by Gasteiger charge is 2.31. The number of thiocarbonyl (C=S) groups is 1. The van der Waals surface area contributed by atoms with E-state index in [1.54, 1.807) is 30.3 Å². The van der Waals surface area contributed by atoms with Crippen LogP contribution in [-0.2, 0) is 11.4 Å². The van der Waals surface area contributed by atoms with Gasteiger partial charge in [0, 0.05) is 29.3 Å². The Balaban J connectivity index is 1.88. The summed E-state index contributed by atoms with van der Waals surface area (Å²) in [6.07, 6.45) is 1.65. The van der Waals surface area contributed by atoms with Crippen molar-refractivity contribution in [2.45, 2.75) is 13.5 Å². The molecule has 0 N–H and O–H groups in total. The van der Waals surface area contributed by atoms with Crippen molar-refractivity contribution in [2.75, 3.05) is 6.54 Å². The summed E-state index contributed by atoms with van der Waals surface area (Å²) in [5, 5.41) is 11.5. The third-order valence-corrected chi connectivity index (χ3v) is 5.92. The van der Waals surface area contributed by atoms with Crippen LogP contribution in [0, 0.1) is 10.1 Å². The number of nitro groups is 1. The van der Waals surface area contributed by atoms with Crippen LogP contribution >= 0.6 is 47.2 Å². The van der Waals surface area contributed by atoms with Crippen LogP contribution in [0.3, 0.4) is 0 Å². The summed E-state index contributed by atoms with van der Waals surface area (Å²) in [7, 11) is 0. The lowest BCUT2D eigenvalue weighted by molar-refractivity contribution is -0.384. The molecule has 3 rings (SSSR count). The fraction of sp³-hybridized carbons (Fsp3) is 0.158. The number of amides is 1. The van der Waals surface area contributed by atoms with Gasteiger partial charge in [0.2, 0.25) is 0 Å². The molecule has 0 atom stereocenters. The van der Waals surface area contributed by atoms with E-state index in [0.717, 1.165) is 5.56 Å². The fourth-order valence-corrected chi connectivity index (χ4v) is 4.56. The number of halogens is 2. The number of hydrogen-bond donors (Lipinski definition) is 0. The van der Waals surface area contributed by atoms with Crippen LogP contribution in [0.25, 0.3) is 6.08 Å². The van der Waals surface area contributed by atoms with Crippen molar-refractivity contribution in [3.8, 4) is 5.75 Å². The molecular weight excluding hydrogens is 455 g/mol. The number of nitro benzene ring substituents is 1. The SMILES string of the molecule is CCN1C(=O)C(=Cc2cc(Cl)cc(Cl)c2OCc2ccc([N+](=O)[O-])cc2)SC1=S. The van der Waals surface area contributed by atoms with Crippen LogP contribution in [0.1, 0.15) is 18.1 Å². The topological polar surface area (TPSA) is 72.7 Å². The monoisotopic (exact) mass is 468 g/mol. The summed E-state index contributed by atoms with van der Waals surface area (Å²) in [5.41, 5.74) is 1.27. The van der Waals surface area contributed by atoms with Crippen LogP contribution in [0.4, 0.5) is 5.69 Å². The van der Waals surface area contributed by atoms with Crippen LogP contribution in [-0.4, -0.2) is 26.6 Å². The van der Waals surface area contributed by atoms with E-state index in [2.05, 4.69) is 0 Å². The molecule has 1 saturated heterocycles. The van der Waals surface area contributed by atoms with Crippen molar-refractivity contribution in [1.29, 1.82) is 0 Å². The van der Waals surface area contributed by atoms with Crippen molar-refractivity contribution in [3.05, 3.63) is 72.6 Å². The number of carbonyl (C=O) groups excluding carboxylic acids is 1. The Morgan fingerprint density at radius 1 is 1.28 bits per heavy atom. The van der Waals surface area contributed by atoms with E-state index in [-0.39, 0.29) is 23.2 Å². The van der Waals surface area contributed by atoms with Crippen LogP contribution in [0.2, 0.25) is 10.0 Å². The van der Waals surface area contributed by atoms with E-state index in [4.69, 9.17) is 40.2 Å². The summed E-state index contributed by atoms with van der Waals surface area (Å²) >= 11 is 18.9. The Morgan fingerprint density at radius 2 is 1.97 bits per heavy atom. The van der Waals surface area contributed by atoms with Crippen LogP contribution in [0.5, 0.6) is 5.75 Å². The summed E-state index contributed by atoms with van der Waals surface area (Å²) in [6, 6.07) is 9.21. The summed E-state index contributed by atoms with van der Waals surface area (Å²) in [4.78, 5) is 24.8. The van der Waals surface area contributed by atoms with Crippen molar-refractivity contribution in [1.82, 2.24) is 4.90 Å². The summed E-state index contributed by atoms with van der Waals surface area (Å²) < 4.78 is 6.35. The molecule has 0 unspecified atom stereocenters. The third-order valence-electron chi connectivity index (χ3n) is 4.04. The maximum Gasteiger partial charge on any atom is 0.269 e. The molecule has 0 radical (unpaired) electrons. The first-order valence-corrected chi connectivity index (χ1v) is 10.4. The van der Waals surface area contributed by atoms with E-state index in [1.165, 1.54) is 28.8 Å². The number of carbonyl (C=O) groups is 1. The Labute approximate surface area is 186 Å². The maximum atomic E-state index is 12.5. The molecule has 1 fully saturated rings. The van der Waals surface area contributed by atoms with E-state index >= 15 is 0 Å². The molecule has 6 nitrogen and oxygen atoms in total. The zero-order valence-corrected chi connectivity index (χ0v) is 18.2. The molecule has 0 aliphatic carbocycles. The zero-order chi connectivity index (χ0) is 21.1. The Kier molecular flexibility index (Phi) is 6.79. The molecule has 1 aliphatic heterocycles. The average Bonchev–Trinajstić information content (AvgIpc) is 2.94. The lowest BCUT2D eigenvalue weighted by Gasteiger charge is -2.13. The van der Waals surface area contributed by atoms with Crippen molar-refractivity contribution in [2.24, 2.45) is 0 Å². The second-order valence-electron chi connectivity index (χ2n) is 5.94. The second kappa shape index (κ2) is 9.13. The molecule has 2 aromatic rings. The van der Waals surface area contributed by atoms with Gasteiger partial charge in [0.05, 0.1) is 14.9 Å². The lowest BCUT2D eigenvalue weighted by atomic mass is 10.1. The van der Waals surface area contributed by atoms with Gasteiger partial charge in [-0.05, 0) is 42.8 Å². The lowest BCUT2D eigenvalue weighted by Crippen LogP contribution is -2.27. The van der Waals surface area contributed by atoms with Gasteiger partial charge < -0.3 is 4.74 Å². The van der Waals surface area contributed by atoms with Gasteiger partial charge in [0.25, 0.3) is 11.6 Å². The quantitative estimate of drug-likeness (QED) is 0.234. The molecule has 0 aromatic heterocycles. The van der Waals surface area contributed by atoms with E-state index in [9.17, 15) is 14.9 Å². The van der Waals surface area contributed by atoms with Crippen LogP contribution in [0.15, 0.2) is 41.3 Å². The zero-order valence-electron chi connectivity index (χ0n) is 15.1. The van der Waals surface area contributed by atoms with Gasteiger partial charge in [-0.3, -0.25) is 19.8 Å². The molecule has 29 heavy (non-hydrogen) atoms. The number of benzene rings is 2. The number of non-ortho nitro benzene ring substituents is 1. The predicted molar refractivity (Wildman–Crippen MR) is 119 cm³/mol. The highest BCUT2D eigenvalue weighted by atomic mass is 35.5. The predicted octanol–water partition coefficient (Wildman–Crippen LogP) is 5.70. The molecule has 10 heteroatoms. The minimum atomic E-state index is -0.467. The second-order valence-corrected chi connectivity index (χ2v) is 8.46. The summed E-state index contributed by atoms with van der Waals surface area (Å²) in [5.74, 6) is 0.177. The first-order chi connectivity index (χ1) is 13.8. The van der Waals surface area contributed by atoms with E-state index in [0.29, 0.717) is 32.1 Å². The molecule has 0 spiro atoms. The number of ether oxygens (including phenoxy) is 1. The van der Waals surface area contributed by atoms with Gasteiger partial charge in [0.15, 0.2) is 0 Å². The van der Waals surface area contributed by atoms with E-state index in [1.807, 2.05) is 6.92 Å². The first kappa shape index (κ1) is 21.6.